The van der Waals surface area contributed by atoms with Gasteiger partial charge in [-0.15, -0.1) is 0 Å². The summed E-state index contributed by atoms with van der Waals surface area (Å²) in [6.45, 7) is 3.91. The maximum Gasteiger partial charge on any atom is 0.164 e. The second kappa shape index (κ2) is 6.15. The van der Waals surface area contributed by atoms with Crippen molar-refractivity contribution in [2.24, 2.45) is 0 Å². The monoisotopic (exact) mass is 403 g/mol. The Bertz CT molecular complexity index is 966. The van der Waals surface area contributed by atoms with Crippen molar-refractivity contribution in [2.75, 3.05) is 5.32 Å². The minimum atomic E-state index is -0.380. The summed E-state index contributed by atoms with van der Waals surface area (Å²) in [5, 5.41) is 3.76. The third kappa shape index (κ3) is 2.89. The van der Waals surface area contributed by atoms with Crippen LogP contribution in [0.15, 0.2) is 41.1 Å². The van der Waals surface area contributed by atoms with Crippen LogP contribution in [0.3, 0.4) is 0 Å². The molecule has 128 valence electrons. The Morgan fingerprint density at radius 1 is 1.08 bits per heavy atom. The van der Waals surface area contributed by atoms with Crippen LogP contribution >= 0.6 is 15.9 Å². The summed E-state index contributed by atoms with van der Waals surface area (Å²) in [4.78, 5) is 8.54. The number of benzene rings is 2. The fourth-order valence-electron chi connectivity index (χ4n) is 2.67. The summed E-state index contributed by atoms with van der Waals surface area (Å²) in [5.74, 6) is 1.40. The molecule has 1 aromatic heterocycles. The zero-order chi connectivity index (χ0) is 17.6. The molecule has 0 radical (unpaired) electrons. The molecule has 0 bridgehead atoms. The first-order valence-electron chi connectivity index (χ1n) is 7.86. The molecular formula is C18H15BrFN3O2. The lowest BCUT2D eigenvalue weighted by molar-refractivity contribution is 0.0433. The molecule has 25 heavy (non-hydrogen) atoms. The number of nitrogens with zero attached hydrogens (tertiary/aromatic N) is 2. The van der Waals surface area contributed by atoms with Crippen LogP contribution in [0, 0.1) is 5.82 Å². The highest BCUT2D eigenvalue weighted by Crippen LogP contribution is 2.39. The van der Waals surface area contributed by atoms with Gasteiger partial charge in [0.1, 0.15) is 24.4 Å². The van der Waals surface area contributed by atoms with E-state index in [0.717, 1.165) is 5.39 Å². The Labute approximate surface area is 152 Å². The summed E-state index contributed by atoms with van der Waals surface area (Å²) in [6.07, 6.45) is 1.33. The van der Waals surface area contributed by atoms with E-state index in [9.17, 15) is 4.39 Å². The number of hydrogen-bond donors (Lipinski definition) is 1. The van der Waals surface area contributed by atoms with Gasteiger partial charge in [0.15, 0.2) is 17.3 Å². The molecule has 0 spiro atoms. The van der Waals surface area contributed by atoms with E-state index in [1.165, 1.54) is 6.33 Å². The number of nitrogens with one attached hydrogen (secondary N) is 1. The van der Waals surface area contributed by atoms with Crippen molar-refractivity contribution in [3.05, 3.63) is 46.9 Å². The van der Waals surface area contributed by atoms with E-state index in [4.69, 9.17) is 9.47 Å². The van der Waals surface area contributed by atoms with Gasteiger partial charge in [0, 0.05) is 11.5 Å². The fraction of sp³-hybridized carbons (Fsp3) is 0.222. The summed E-state index contributed by atoms with van der Waals surface area (Å²) in [5.41, 5.74) is 1.02. The third-order valence-corrected chi connectivity index (χ3v) is 4.80. The largest absolute Gasteiger partial charge is 0.483 e. The van der Waals surface area contributed by atoms with Crippen molar-refractivity contribution in [1.29, 1.82) is 0 Å². The minimum Gasteiger partial charge on any atom is -0.483 e. The number of rotatable bonds is 2. The van der Waals surface area contributed by atoms with Gasteiger partial charge in [-0.25, -0.2) is 14.4 Å². The first-order valence-corrected chi connectivity index (χ1v) is 8.65. The van der Waals surface area contributed by atoms with Gasteiger partial charge in [0.2, 0.25) is 0 Å². The Kier molecular flexibility index (Phi) is 3.95. The topological polar surface area (TPSA) is 56.3 Å². The number of anilines is 2. The number of ether oxygens (including phenoxy) is 2. The van der Waals surface area contributed by atoms with Crippen LogP contribution in [0.25, 0.3) is 10.9 Å². The molecule has 3 aromatic rings. The third-order valence-electron chi connectivity index (χ3n) is 4.19. The van der Waals surface area contributed by atoms with Crippen molar-refractivity contribution < 1.29 is 13.9 Å². The molecule has 2 aromatic carbocycles. The molecule has 0 aliphatic carbocycles. The van der Waals surface area contributed by atoms with E-state index in [2.05, 4.69) is 31.2 Å². The first kappa shape index (κ1) is 16.1. The summed E-state index contributed by atoms with van der Waals surface area (Å²) >= 11 is 3.19. The molecule has 4 rings (SSSR count). The highest BCUT2D eigenvalue weighted by Gasteiger charge is 2.25. The molecule has 7 heteroatoms. The lowest BCUT2D eigenvalue weighted by atomic mass is 10.1. The predicted octanol–water partition coefficient (Wildman–Crippen LogP) is 4.82. The summed E-state index contributed by atoms with van der Waals surface area (Å²) < 4.78 is 26.4. The summed E-state index contributed by atoms with van der Waals surface area (Å²) in [6, 6.07) is 8.68. The second-order valence-electron chi connectivity index (χ2n) is 5.91. The molecule has 0 saturated carbocycles. The molecule has 0 fully saturated rings. The van der Waals surface area contributed by atoms with Gasteiger partial charge in [-0.05, 0) is 48.0 Å². The maximum absolute atomic E-state index is 14.3. The molecule has 1 aliphatic heterocycles. The van der Waals surface area contributed by atoms with Crippen LogP contribution in [-0.4, -0.2) is 22.2 Å². The SMILES string of the molecule is CC1Oc2cc3ncnc(Nc4cccc(Br)c4F)c3cc2O[C@H]1C. The van der Waals surface area contributed by atoms with Gasteiger partial charge in [-0.2, -0.15) is 0 Å². The molecule has 1 aliphatic rings. The second-order valence-corrected chi connectivity index (χ2v) is 6.77. The number of halogens is 2. The zero-order valence-corrected chi connectivity index (χ0v) is 15.2. The Balaban J connectivity index is 1.80. The quantitative estimate of drug-likeness (QED) is 0.664. The van der Waals surface area contributed by atoms with Crippen molar-refractivity contribution in [1.82, 2.24) is 9.97 Å². The van der Waals surface area contributed by atoms with Gasteiger partial charge in [0.25, 0.3) is 0 Å². The van der Waals surface area contributed by atoms with E-state index >= 15 is 0 Å². The molecule has 0 amide bonds. The average molecular weight is 404 g/mol. The van der Waals surface area contributed by atoms with Gasteiger partial charge in [-0.3, -0.25) is 0 Å². The van der Waals surface area contributed by atoms with Crippen molar-refractivity contribution in [2.45, 2.75) is 26.1 Å². The van der Waals surface area contributed by atoms with E-state index in [0.29, 0.717) is 33.0 Å². The van der Waals surface area contributed by atoms with E-state index in [1.54, 1.807) is 18.2 Å². The van der Waals surface area contributed by atoms with E-state index in [1.807, 2.05) is 26.0 Å². The van der Waals surface area contributed by atoms with Crippen LogP contribution in [0.2, 0.25) is 0 Å². The normalized spacial score (nSPS) is 19.0. The van der Waals surface area contributed by atoms with Crippen LogP contribution < -0.4 is 14.8 Å². The molecule has 2 heterocycles. The molecular weight excluding hydrogens is 389 g/mol. The summed E-state index contributed by atoms with van der Waals surface area (Å²) in [7, 11) is 0. The van der Waals surface area contributed by atoms with Crippen LogP contribution in [0.5, 0.6) is 11.5 Å². The van der Waals surface area contributed by atoms with E-state index < -0.39 is 0 Å². The Hall–Kier alpha value is -2.41. The van der Waals surface area contributed by atoms with Crippen LogP contribution in [-0.2, 0) is 0 Å². The molecule has 5 nitrogen and oxygen atoms in total. The fourth-order valence-corrected chi connectivity index (χ4v) is 3.03. The lowest BCUT2D eigenvalue weighted by Crippen LogP contribution is -2.34. The van der Waals surface area contributed by atoms with Crippen molar-refractivity contribution in [3.8, 4) is 11.5 Å². The van der Waals surface area contributed by atoms with Crippen LogP contribution in [0.1, 0.15) is 13.8 Å². The lowest BCUT2D eigenvalue weighted by Gasteiger charge is -2.30. The first-order chi connectivity index (χ1) is 12.0. The van der Waals surface area contributed by atoms with Crippen molar-refractivity contribution >= 4 is 38.3 Å². The van der Waals surface area contributed by atoms with Crippen LogP contribution in [0.4, 0.5) is 15.9 Å². The maximum atomic E-state index is 14.3. The van der Waals surface area contributed by atoms with Gasteiger partial charge in [-0.1, -0.05) is 6.07 Å². The van der Waals surface area contributed by atoms with Gasteiger partial charge >= 0.3 is 0 Å². The molecule has 1 unspecified atom stereocenters. The van der Waals surface area contributed by atoms with Crippen molar-refractivity contribution in [3.63, 3.8) is 0 Å². The molecule has 2 atom stereocenters. The number of hydrogen-bond acceptors (Lipinski definition) is 5. The Morgan fingerprint density at radius 3 is 2.56 bits per heavy atom. The highest BCUT2D eigenvalue weighted by molar-refractivity contribution is 9.10. The van der Waals surface area contributed by atoms with E-state index in [-0.39, 0.29) is 18.0 Å². The zero-order valence-electron chi connectivity index (χ0n) is 13.6. The van der Waals surface area contributed by atoms with Gasteiger partial charge < -0.3 is 14.8 Å². The number of fused-ring (bicyclic) bond motifs is 2. The smallest absolute Gasteiger partial charge is 0.164 e. The molecule has 1 N–H and O–H groups in total. The predicted molar refractivity (Wildman–Crippen MR) is 97.1 cm³/mol. The minimum absolute atomic E-state index is 0.0415. The van der Waals surface area contributed by atoms with Gasteiger partial charge in [0.05, 0.1) is 15.7 Å². The molecule has 0 saturated heterocycles. The Morgan fingerprint density at radius 2 is 1.80 bits per heavy atom. The number of aromatic nitrogens is 2. The standard InChI is InChI=1S/C18H15BrFN3O2/c1-9-10(2)25-16-7-14-11(6-15(16)24-9)18(22-8-21-14)23-13-5-3-4-12(19)17(13)20/h3-10H,1-2H3,(H,21,22,23)/t9-,10?/m0/s1. The average Bonchev–Trinajstić information content (AvgIpc) is 2.59. The highest BCUT2D eigenvalue weighted by atomic mass is 79.9.